The van der Waals surface area contributed by atoms with Crippen LogP contribution >= 0.6 is 0 Å². The highest BCUT2D eigenvalue weighted by molar-refractivity contribution is 6.29. The van der Waals surface area contributed by atoms with Crippen LogP contribution in [-0.4, -0.2) is 0 Å². The van der Waals surface area contributed by atoms with Crippen molar-refractivity contribution < 1.29 is 4.42 Å². The molecule has 2 heteroatoms. The molecule has 0 radical (unpaired) electrons. The summed E-state index contributed by atoms with van der Waals surface area (Å²) in [6.45, 7) is 0. The largest absolute Gasteiger partial charge is 0.456 e. The van der Waals surface area contributed by atoms with E-state index in [1.807, 2.05) is 12.1 Å². The van der Waals surface area contributed by atoms with Gasteiger partial charge in [0.1, 0.15) is 11.2 Å². The zero-order chi connectivity index (χ0) is 35.6. The lowest BCUT2D eigenvalue weighted by Crippen LogP contribution is -2.11. The average Bonchev–Trinajstić information content (AvgIpc) is 3.62. The molecule has 0 spiro atoms. The second kappa shape index (κ2) is 12.2. The summed E-state index contributed by atoms with van der Waals surface area (Å²) in [5.74, 6) is 0. The quantitative estimate of drug-likeness (QED) is 0.168. The molecule has 0 saturated carbocycles. The zero-order valence-electron chi connectivity index (χ0n) is 29.4. The highest BCUT2D eigenvalue weighted by Gasteiger charge is 2.21. The van der Waals surface area contributed by atoms with E-state index in [-0.39, 0.29) is 0 Å². The van der Waals surface area contributed by atoms with Gasteiger partial charge in [0.2, 0.25) is 0 Å². The second-order valence-corrected chi connectivity index (χ2v) is 14.1. The number of furan rings is 1. The molecule has 0 aliphatic rings. The SMILES string of the molecule is c1ccc(-c2cccc(N(c3ccc4oc5ccccc5c4c3)c3ccccc3-c3cc4ccc5ccc6ccccc6c5c4c4ccccc34)c2)cc1. The van der Waals surface area contributed by atoms with Gasteiger partial charge in [-0.15, -0.1) is 0 Å². The Bertz CT molecular complexity index is 3230. The molecule has 0 fully saturated rings. The average molecular weight is 688 g/mol. The third-order valence-corrected chi connectivity index (χ3v) is 11.0. The Kier molecular flexibility index (Phi) is 6.90. The first-order valence-corrected chi connectivity index (χ1v) is 18.5. The van der Waals surface area contributed by atoms with Crippen LogP contribution in [0.5, 0.6) is 0 Å². The first kappa shape index (κ1) is 30.5. The van der Waals surface area contributed by atoms with E-state index in [0.717, 1.165) is 44.6 Å². The van der Waals surface area contributed by atoms with Crippen molar-refractivity contribution in [2.45, 2.75) is 0 Å². The first-order valence-electron chi connectivity index (χ1n) is 18.5. The van der Waals surface area contributed by atoms with Crippen molar-refractivity contribution in [3.63, 3.8) is 0 Å². The van der Waals surface area contributed by atoms with Crippen LogP contribution in [0.4, 0.5) is 17.1 Å². The van der Waals surface area contributed by atoms with E-state index in [2.05, 4.69) is 193 Å². The molecule has 54 heavy (non-hydrogen) atoms. The van der Waals surface area contributed by atoms with E-state index < -0.39 is 0 Å². The van der Waals surface area contributed by atoms with E-state index in [0.29, 0.717) is 0 Å². The monoisotopic (exact) mass is 687 g/mol. The fourth-order valence-corrected chi connectivity index (χ4v) is 8.55. The highest BCUT2D eigenvalue weighted by atomic mass is 16.3. The third-order valence-electron chi connectivity index (χ3n) is 11.0. The van der Waals surface area contributed by atoms with Gasteiger partial charge in [-0.2, -0.15) is 0 Å². The molecule has 0 aliphatic carbocycles. The number of benzene rings is 10. The molecule has 1 heterocycles. The lowest BCUT2D eigenvalue weighted by atomic mass is 9.88. The van der Waals surface area contributed by atoms with Crippen LogP contribution in [0.1, 0.15) is 0 Å². The second-order valence-electron chi connectivity index (χ2n) is 14.1. The minimum atomic E-state index is 0.881. The van der Waals surface area contributed by atoms with Crippen LogP contribution in [-0.2, 0) is 0 Å². The Morgan fingerprint density at radius 2 is 0.944 bits per heavy atom. The summed E-state index contributed by atoms with van der Waals surface area (Å²) in [6.07, 6.45) is 0. The molecule has 1 aromatic heterocycles. The van der Waals surface area contributed by atoms with E-state index in [1.54, 1.807) is 0 Å². The summed E-state index contributed by atoms with van der Waals surface area (Å²) in [6, 6.07) is 72.4. The van der Waals surface area contributed by atoms with Gasteiger partial charge in [0.15, 0.2) is 0 Å². The standard InChI is InChI=1S/C52H33NO/c1-2-13-34(14-3-1)37-16-12-17-39(31-37)53(40-29-30-50-47(33-40)44-21-9-11-24-49(44)54-50)48-23-10-8-20-43(48)46-32-38-28-27-36-26-25-35-15-4-5-18-41(35)51(36)52(38)45-22-7-6-19-42(45)46/h1-33H. The summed E-state index contributed by atoms with van der Waals surface area (Å²) in [5.41, 5.74) is 9.74. The van der Waals surface area contributed by atoms with E-state index >= 15 is 0 Å². The highest BCUT2D eigenvalue weighted by Crippen LogP contribution is 2.47. The number of fused-ring (bicyclic) bond motifs is 10. The molecule has 0 atom stereocenters. The molecule has 0 amide bonds. The van der Waals surface area contributed by atoms with Crippen LogP contribution in [0.3, 0.4) is 0 Å². The number of rotatable bonds is 5. The predicted octanol–water partition coefficient (Wildman–Crippen LogP) is 15.0. The van der Waals surface area contributed by atoms with Crippen molar-refractivity contribution in [1.82, 2.24) is 0 Å². The van der Waals surface area contributed by atoms with Crippen LogP contribution < -0.4 is 4.90 Å². The molecule has 10 aromatic carbocycles. The van der Waals surface area contributed by atoms with Crippen molar-refractivity contribution in [3.05, 3.63) is 200 Å². The molecule has 0 saturated heterocycles. The Balaban J connectivity index is 1.19. The van der Waals surface area contributed by atoms with Gasteiger partial charge >= 0.3 is 0 Å². The molecular formula is C52H33NO. The molecule has 11 rings (SSSR count). The van der Waals surface area contributed by atoms with Gasteiger partial charge in [-0.25, -0.2) is 0 Å². The summed E-state index contributed by atoms with van der Waals surface area (Å²) in [7, 11) is 0. The first-order chi connectivity index (χ1) is 26.8. The molecule has 0 unspecified atom stereocenters. The topological polar surface area (TPSA) is 16.4 Å². The van der Waals surface area contributed by atoms with Gasteiger partial charge in [0.05, 0.1) is 5.69 Å². The van der Waals surface area contributed by atoms with Crippen molar-refractivity contribution in [2.24, 2.45) is 0 Å². The number of hydrogen-bond donors (Lipinski definition) is 0. The van der Waals surface area contributed by atoms with E-state index in [1.165, 1.54) is 59.8 Å². The predicted molar refractivity (Wildman–Crippen MR) is 229 cm³/mol. The summed E-state index contributed by atoms with van der Waals surface area (Å²) >= 11 is 0. The summed E-state index contributed by atoms with van der Waals surface area (Å²) < 4.78 is 6.30. The smallest absolute Gasteiger partial charge is 0.135 e. The van der Waals surface area contributed by atoms with Gasteiger partial charge in [-0.05, 0) is 108 Å². The van der Waals surface area contributed by atoms with Gasteiger partial charge in [-0.1, -0.05) is 152 Å². The number of hydrogen-bond acceptors (Lipinski definition) is 2. The maximum absolute atomic E-state index is 6.30. The van der Waals surface area contributed by atoms with Crippen LogP contribution in [0.15, 0.2) is 205 Å². The van der Waals surface area contributed by atoms with Crippen LogP contribution in [0.2, 0.25) is 0 Å². The Labute approximate surface area is 312 Å². The normalized spacial score (nSPS) is 11.7. The third kappa shape index (κ3) is 4.81. The maximum Gasteiger partial charge on any atom is 0.135 e. The zero-order valence-corrected chi connectivity index (χ0v) is 29.4. The number of para-hydroxylation sites is 2. The van der Waals surface area contributed by atoms with Gasteiger partial charge < -0.3 is 9.32 Å². The fraction of sp³-hybridized carbons (Fsp3) is 0. The van der Waals surface area contributed by atoms with Crippen molar-refractivity contribution in [1.29, 1.82) is 0 Å². The summed E-state index contributed by atoms with van der Waals surface area (Å²) in [4.78, 5) is 2.41. The minimum absolute atomic E-state index is 0.881. The number of anilines is 3. The van der Waals surface area contributed by atoms with Crippen LogP contribution in [0.25, 0.3) is 87.3 Å². The molecular weight excluding hydrogens is 655 g/mol. The van der Waals surface area contributed by atoms with Crippen molar-refractivity contribution in [2.75, 3.05) is 4.90 Å². The van der Waals surface area contributed by atoms with Gasteiger partial charge in [0.25, 0.3) is 0 Å². The van der Waals surface area contributed by atoms with Crippen molar-refractivity contribution in [3.8, 4) is 22.3 Å². The molecule has 0 bridgehead atoms. The number of nitrogens with zero attached hydrogens (tertiary/aromatic N) is 1. The molecule has 2 nitrogen and oxygen atoms in total. The molecule has 252 valence electrons. The Hall–Kier alpha value is -7.16. The van der Waals surface area contributed by atoms with E-state index in [9.17, 15) is 0 Å². The Morgan fingerprint density at radius 3 is 1.83 bits per heavy atom. The lowest BCUT2D eigenvalue weighted by molar-refractivity contribution is 0.669. The van der Waals surface area contributed by atoms with E-state index in [4.69, 9.17) is 4.42 Å². The molecule has 0 aliphatic heterocycles. The summed E-state index contributed by atoms with van der Waals surface area (Å²) in [5, 5.41) is 12.3. The van der Waals surface area contributed by atoms with Crippen LogP contribution in [0, 0.1) is 0 Å². The molecule has 0 N–H and O–H groups in total. The fourth-order valence-electron chi connectivity index (χ4n) is 8.55. The van der Waals surface area contributed by atoms with Gasteiger partial charge in [-0.3, -0.25) is 0 Å². The maximum atomic E-state index is 6.30. The lowest BCUT2D eigenvalue weighted by Gasteiger charge is -2.29. The van der Waals surface area contributed by atoms with Crippen molar-refractivity contribution >= 4 is 82.1 Å². The van der Waals surface area contributed by atoms with Gasteiger partial charge in [0, 0.05) is 27.7 Å². The Morgan fingerprint density at radius 1 is 0.315 bits per heavy atom. The minimum Gasteiger partial charge on any atom is -0.456 e. The molecule has 11 aromatic rings.